The number of aliphatic hydroxyl groups is 1. The summed E-state index contributed by atoms with van der Waals surface area (Å²) in [7, 11) is 0. The Morgan fingerprint density at radius 1 is 1.41 bits per heavy atom. The van der Waals surface area contributed by atoms with Crippen LogP contribution in [0.5, 0.6) is 0 Å². The monoisotopic (exact) mass is 257 g/mol. The van der Waals surface area contributed by atoms with Gasteiger partial charge in [0, 0.05) is 12.5 Å². The molecule has 0 aromatic carbocycles. The molecule has 7 heteroatoms. The first-order chi connectivity index (χ1) is 7.70. The zero-order chi connectivity index (χ0) is 13.5. The fourth-order valence-corrected chi connectivity index (χ4v) is 1.27. The fourth-order valence-electron chi connectivity index (χ4n) is 1.27. The summed E-state index contributed by atoms with van der Waals surface area (Å²) in [5, 5.41) is 11.6. The smallest absolute Gasteiger partial charge is 0.393 e. The Hall–Kier alpha value is -0.820. The van der Waals surface area contributed by atoms with E-state index in [0.29, 0.717) is 6.42 Å². The van der Waals surface area contributed by atoms with E-state index in [1.54, 1.807) is 13.8 Å². The third-order valence-electron chi connectivity index (χ3n) is 1.84. The van der Waals surface area contributed by atoms with Crippen LogP contribution in [0.25, 0.3) is 0 Å². The van der Waals surface area contributed by atoms with Gasteiger partial charge in [-0.15, -0.1) is 0 Å². The second-order valence-corrected chi connectivity index (χ2v) is 3.97. The highest BCUT2D eigenvalue weighted by Crippen LogP contribution is 2.14. The summed E-state index contributed by atoms with van der Waals surface area (Å²) in [5.74, 6) is -0.389. The van der Waals surface area contributed by atoms with Crippen molar-refractivity contribution in [2.24, 2.45) is 0 Å². The molecule has 0 aromatic rings. The highest BCUT2D eigenvalue weighted by atomic mass is 19.4. The quantitative estimate of drug-likeness (QED) is 0.674. The van der Waals surface area contributed by atoms with E-state index in [0.717, 1.165) is 0 Å². The first-order valence-corrected chi connectivity index (χ1v) is 5.32. The first kappa shape index (κ1) is 16.2. The lowest BCUT2D eigenvalue weighted by atomic mass is 10.1. The van der Waals surface area contributed by atoms with Gasteiger partial charge in [0.1, 0.15) is 6.61 Å². The molecular formula is C10H18F3NO3. The van der Waals surface area contributed by atoms with Gasteiger partial charge in [0.05, 0.1) is 12.7 Å². The number of hydrogen-bond donors (Lipinski definition) is 2. The minimum absolute atomic E-state index is 0.125. The molecule has 2 unspecified atom stereocenters. The number of halogens is 3. The maximum Gasteiger partial charge on any atom is 0.411 e. The van der Waals surface area contributed by atoms with Gasteiger partial charge in [0.2, 0.25) is 5.91 Å². The van der Waals surface area contributed by atoms with Crippen LogP contribution in [-0.4, -0.2) is 42.5 Å². The van der Waals surface area contributed by atoms with E-state index in [1.165, 1.54) is 0 Å². The molecule has 0 fully saturated rings. The van der Waals surface area contributed by atoms with E-state index in [2.05, 4.69) is 10.1 Å². The van der Waals surface area contributed by atoms with Crippen LogP contribution < -0.4 is 5.32 Å². The normalized spacial score (nSPS) is 15.4. The summed E-state index contributed by atoms with van der Waals surface area (Å²) in [6, 6.07) is -0.217. The number of rotatable bonds is 7. The largest absolute Gasteiger partial charge is 0.411 e. The van der Waals surface area contributed by atoms with Crippen LogP contribution in [0.4, 0.5) is 13.2 Å². The van der Waals surface area contributed by atoms with Crippen molar-refractivity contribution in [2.45, 2.75) is 45.0 Å². The average molecular weight is 257 g/mol. The predicted octanol–water partition coefficient (Wildman–Crippen LogP) is 1.23. The third-order valence-corrected chi connectivity index (χ3v) is 1.84. The Balaban J connectivity index is 3.60. The molecule has 4 nitrogen and oxygen atoms in total. The third kappa shape index (κ3) is 11.4. The molecule has 0 aliphatic carbocycles. The van der Waals surface area contributed by atoms with Crippen molar-refractivity contribution in [3.63, 3.8) is 0 Å². The van der Waals surface area contributed by atoms with Crippen LogP contribution in [0.15, 0.2) is 0 Å². The summed E-state index contributed by atoms with van der Waals surface area (Å²) >= 11 is 0. The Kier molecular flexibility index (Phi) is 7.13. The molecular weight excluding hydrogens is 239 g/mol. The highest BCUT2D eigenvalue weighted by molar-refractivity contribution is 5.76. The van der Waals surface area contributed by atoms with Gasteiger partial charge in [0.25, 0.3) is 0 Å². The standard InChI is InChI=1S/C10H18F3NO3/c1-7(5-8(2)15)14-9(16)3-4-17-6-10(11,12)13/h7-8,15H,3-6H2,1-2H3,(H,14,16). The minimum Gasteiger partial charge on any atom is -0.393 e. The van der Waals surface area contributed by atoms with Crippen LogP contribution in [0, 0.1) is 0 Å². The van der Waals surface area contributed by atoms with Crippen molar-refractivity contribution >= 4 is 5.91 Å². The molecule has 102 valence electrons. The molecule has 0 saturated carbocycles. The van der Waals surface area contributed by atoms with Gasteiger partial charge in [-0.1, -0.05) is 0 Å². The lowest BCUT2D eigenvalue weighted by Gasteiger charge is -2.15. The highest BCUT2D eigenvalue weighted by Gasteiger charge is 2.27. The number of carbonyl (C=O) groups is 1. The molecule has 1 amide bonds. The van der Waals surface area contributed by atoms with Crippen molar-refractivity contribution in [1.29, 1.82) is 0 Å². The molecule has 2 N–H and O–H groups in total. The fraction of sp³-hybridized carbons (Fsp3) is 0.900. The number of nitrogens with one attached hydrogen (secondary N) is 1. The van der Waals surface area contributed by atoms with Crippen molar-refractivity contribution in [3.8, 4) is 0 Å². The predicted molar refractivity (Wildman–Crippen MR) is 55.4 cm³/mol. The number of amides is 1. The summed E-state index contributed by atoms with van der Waals surface area (Å²) < 4.78 is 39.3. The van der Waals surface area contributed by atoms with E-state index < -0.39 is 18.9 Å². The van der Waals surface area contributed by atoms with E-state index in [-0.39, 0.29) is 25.0 Å². The minimum atomic E-state index is -4.36. The molecule has 0 heterocycles. The van der Waals surface area contributed by atoms with Gasteiger partial charge in [-0.3, -0.25) is 4.79 Å². The van der Waals surface area contributed by atoms with Gasteiger partial charge in [0.15, 0.2) is 0 Å². The summed E-state index contributed by atoms with van der Waals surface area (Å²) in [6.45, 7) is 1.69. The Labute approximate surface area is 98.1 Å². The average Bonchev–Trinajstić information content (AvgIpc) is 2.09. The zero-order valence-electron chi connectivity index (χ0n) is 9.88. The first-order valence-electron chi connectivity index (χ1n) is 5.32. The van der Waals surface area contributed by atoms with Crippen LogP contribution in [0.1, 0.15) is 26.7 Å². The molecule has 0 aliphatic heterocycles. The lowest BCUT2D eigenvalue weighted by Crippen LogP contribution is -2.35. The van der Waals surface area contributed by atoms with Crippen molar-refractivity contribution in [2.75, 3.05) is 13.2 Å². The van der Waals surface area contributed by atoms with Gasteiger partial charge < -0.3 is 15.2 Å². The lowest BCUT2D eigenvalue weighted by molar-refractivity contribution is -0.174. The summed E-state index contributed by atoms with van der Waals surface area (Å²) in [5.41, 5.74) is 0. The Bertz CT molecular complexity index is 231. The molecule has 0 bridgehead atoms. The molecule has 0 aliphatic rings. The van der Waals surface area contributed by atoms with E-state index in [9.17, 15) is 18.0 Å². The number of carbonyl (C=O) groups excluding carboxylic acids is 1. The number of aliphatic hydroxyl groups excluding tert-OH is 1. The van der Waals surface area contributed by atoms with Gasteiger partial charge in [-0.05, 0) is 20.3 Å². The molecule has 0 rings (SSSR count). The molecule has 17 heavy (non-hydrogen) atoms. The SMILES string of the molecule is CC(O)CC(C)NC(=O)CCOCC(F)(F)F. The van der Waals surface area contributed by atoms with Crippen LogP contribution >= 0.6 is 0 Å². The number of alkyl halides is 3. The Morgan fingerprint density at radius 3 is 2.47 bits per heavy atom. The molecule has 0 saturated heterocycles. The van der Waals surface area contributed by atoms with E-state index in [1.807, 2.05) is 0 Å². The van der Waals surface area contributed by atoms with Crippen molar-refractivity contribution < 1.29 is 27.8 Å². The zero-order valence-corrected chi connectivity index (χ0v) is 9.88. The Morgan fingerprint density at radius 2 is 2.00 bits per heavy atom. The van der Waals surface area contributed by atoms with E-state index >= 15 is 0 Å². The number of hydrogen-bond acceptors (Lipinski definition) is 3. The van der Waals surface area contributed by atoms with Crippen molar-refractivity contribution in [3.05, 3.63) is 0 Å². The van der Waals surface area contributed by atoms with Gasteiger partial charge >= 0.3 is 6.18 Å². The molecule has 2 atom stereocenters. The number of ether oxygens (including phenoxy) is 1. The molecule has 0 radical (unpaired) electrons. The molecule has 0 aromatic heterocycles. The second kappa shape index (κ2) is 7.50. The second-order valence-electron chi connectivity index (χ2n) is 3.97. The summed E-state index contributed by atoms with van der Waals surface area (Å²) in [6.07, 6.45) is -4.63. The van der Waals surface area contributed by atoms with Gasteiger partial charge in [-0.25, -0.2) is 0 Å². The van der Waals surface area contributed by atoms with Crippen LogP contribution in [-0.2, 0) is 9.53 Å². The van der Waals surface area contributed by atoms with Crippen molar-refractivity contribution in [1.82, 2.24) is 5.32 Å². The van der Waals surface area contributed by atoms with Crippen LogP contribution in [0.2, 0.25) is 0 Å². The van der Waals surface area contributed by atoms with Gasteiger partial charge in [-0.2, -0.15) is 13.2 Å². The van der Waals surface area contributed by atoms with E-state index in [4.69, 9.17) is 5.11 Å². The topological polar surface area (TPSA) is 58.6 Å². The van der Waals surface area contributed by atoms with Crippen LogP contribution in [0.3, 0.4) is 0 Å². The molecule has 0 spiro atoms. The maximum atomic E-state index is 11.7. The maximum absolute atomic E-state index is 11.7. The summed E-state index contributed by atoms with van der Waals surface area (Å²) in [4.78, 5) is 11.2.